The minimum absolute atomic E-state index is 0.331. The van der Waals surface area contributed by atoms with Gasteiger partial charge in [-0.15, -0.1) is 0 Å². The van der Waals surface area contributed by atoms with Crippen molar-refractivity contribution in [1.29, 1.82) is 0 Å². The van der Waals surface area contributed by atoms with E-state index >= 15 is 0 Å². The van der Waals surface area contributed by atoms with E-state index in [9.17, 15) is 13.2 Å². The molecule has 0 bridgehead atoms. The quantitative estimate of drug-likeness (QED) is 0.849. The Balaban J connectivity index is 2.23. The predicted octanol–water partition coefficient (Wildman–Crippen LogP) is 2.78. The molecule has 0 aliphatic rings. The summed E-state index contributed by atoms with van der Waals surface area (Å²) in [6.45, 7) is 1.78. The molecular formula is C14H14BrN3O3S. The number of nitrogens with one attached hydrogen (secondary N) is 2. The highest BCUT2D eigenvalue weighted by Gasteiger charge is 2.10. The van der Waals surface area contributed by atoms with Crippen LogP contribution in [-0.2, 0) is 10.0 Å². The van der Waals surface area contributed by atoms with Gasteiger partial charge in [0.1, 0.15) is 0 Å². The molecule has 1 aromatic heterocycles. The van der Waals surface area contributed by atoms with Crippen molar-refractivity contribution < 1.29 is 13.2 Å². The average Bonchev–Trinajstić information content (AvgIpc) is 2.41. The van der Waals surface area contributed by atoms with Gasteiger partial charge in [0.05, 0.1) is 17.5 Å². The lowest BCUT2D eigenvalue weighted by Gasteiger charge is -2.11. The van der Waals surface area contributed by atoms with Crippen LogP contribution in [0.25, 0.3) is 0 Å². The molecule has 0 fully saturated rings. The topological polar surface area (TPSA) is 88.2 Å². The molecule has 0 atom stereocenters. The second-order valence-electron chi connectivity index (χ2n) is 4.75. The number of nitrogens with zero attached hydrogens (tertiary/aromatic N) is 1. The summed E-state index contributed by atoms with van der Waals surface area (Å²) in [5, 5.41) is 2.70. The molecular weight excluding hydrogens is 370 g/mol. The number of halogens is 1. The molecule has 0 radical (unpaired) electrons. The Labute approximate surface area is 137 Å². The van der Waals surface area contributed by atoms with Gasteiger partial charge in [-0.05, 0) is 46.6 Å². The Kier molecular flexibility index (Phi) is 4.82. The van der Waals surface area contributed by atoms with Crippen LogP contribution in [0.3, 0.4) is 0 Å². The number of hydrogen-bond donors (Lipinski definition) is 2. The second-order valence-corrected chi connectivity index (χ2v) is 7.41. The van der Waals surface area contributed by atoms with E-state index in [-0.39, 0.29) is 5.91 Å². The minimum atomic E-state index is -3.38. The first-order valence-corrected chi connectivity index (χ1v) is 8.93. The zero-order valence-corrected chi connectivity index (χ0v) is 14.3. The maximum Gasteiger partial charge on any atom is 0.257 e. The zero-order chi connectivity index (χ0) is 16.3. The van der Waals surface area contributed by atoms with Gasteiger partial charge in [0.15, 0.2) is 0 Å². The molecule has 0 saturated carbocycles. The van der Waals surface area contributed by atoms with Crippen molar-refractivity contribution in [2.24, 2.45) is 0 Å². The summed E-state index contributed by atoms with van der Waals surface area (Å²) in [4.78, 5) is 16.1. The van der Waals surface area contributed by atoms with Crippen LogP contribution in [0.15, 0.2) is 41.1 Å². The third-order valence-electron chi connectivity index (χ3n) is 2.76. The van der Waals surface area contributed by atoms with Gasteiger partial charge in [0, 0.05) is 22.6 Å². The average molecular weight is 384 g/mol. The van der Waals surface area contributed by atoms with Crippen LogP contribution in [0.2, 0.25) is 0 Å². The number of anilines is 2. The van der Waals surface area contributed by atoms with Crippen molar-refractivity contribution in [3.05, 3.63) is 52.3 Å². The van der Waals surface area contributed by atoms with Gasteiger partial charge in [-0.3, -0.25) is 14.5 Å². The lowest BCUT2D eigenvalue weighted by molar-refractivity contribution is 0.102. The third-order valence-corrected chi connectivity index (χ3v) is 3.78. The van der Waals surface area contributed by atoms with E-state index in [2.05, 4.69) is 31.0 Å². The predicted molar refractivity (Wildman–Crippen MR) is 89.5 cm³/mol. The third kappa shape index (κ3) is 4.54. The van der Waals surface area contributed by atoms with Gasteiger partial charge >= 0.3 is 0 Å². The molecule has 116 valence electrons. The Hall–Kier alpha value is -1.93. The number of rotatable bonds is 4. The molecule has 6 nitrogen and oxygen atoms in total. The summed E-state index contributed by atoms with van der Waals surface area (Å²) >= 11 is 3.25. The first-order valence-electron chi connectivity index (χ1n) is 6.25. The first kappa shape index (κ1) is 16.4. The van der Waals surface area contributed by atoms with E-state index < -0.39 is 10.0 Å². The molecule has 0 aliphatic heterocycles. The molecule has 1 heterocycles. The Bertz CT molecular complexity index is 822. The number of hydrogen-bond acceptors (Lipinski definition) is 4. The van der Waals surface area contributed by atoms with E-state index in [1.54, 1.807) is 37.4 Å². The molecule has 2 rings (SSSR count). The highest BCUT2D eigenvalue weighted by molar-refractivity contribution is 9.10. The summed E-state index contributed by atoms with van der Waals surface area (Å²) in [6.07, 6.45) is 4.10. The van der Waals surface area contributed by atoms with Crippen LogP contribution in [0, 0.1) is 6.92 Å². The fourth-order valence-corrected chi connectivity index (χ4v) is 2.73. The molecule has 22 heavy (non-hydrogen) atoms. The van der Waals surface area contributed by atoms with Crippen LogP contribution < -0.4 is 10.0 Å². The molecule has 8 heteroatoms. The maximum atomic E-state index is 12.1. The van der Waals surface area contributed by atoms with Crippen LogP contribution in [-0.4, -0.2) is 25.6 Å². The summed E-state index contributed by atoms with van der Waals surface area (Å²) in [7, 11) is -3.38. The summed E-state index contributed by atoms with van der Waals surface area (Å²) in [5.74, 6) is -0.331. The lowest BCUT2D eigenvalue weighted by Crippen LogP contribution is -2.14. The largest absolute Gasteiger partial charge is 0.322 e. The van der Waals surface area contributed by atoms with Gasteiger partial charge in [-0.2, -0.15) is 0 Å². The van der Waals surface area contributed by atoms with Crippen molar-refractivity contribution in [1.82, 2.24) is 4.98 Å². The number of aryl methyl sites for hydroxylation is 1. The number of aromatic nitrogens is 1. The van der Waals surface area contributed by atoms with Crippen molar-refractivity contribution in [2.75, 3.05) is 16.3 Å². The number of benzene rings is 1. The molecule has 2 N–H and O–H groups in total. The highest BCUT2D eigenvalue weighted by Crippen LogP contribution is 2.22. The number of pyridine rings is 1. The molecule has 2 aromatic rings. The fourth-order valence-electron chi connectivity index (χ4n) is 1.75. The molecule has 1 aromatic carbocycles. The van der Waals surface area contributed by atoms with E-state index in [4.69, 9.17) is 0 Å². The van der Waals surface area contributed by atoms with Gasteiger partial charge in [-0.1, -0.05) is 6.07 Å². The minimum Gasteiger partial charge on any atom is -0.322 e. The Morgan fingerprint density at radius 1 is 1.23 bits per heavy atom. The van der Waals surface area contributed by atoms with Gasteiger partial charge in [0.2, 0.25) is 10.0 Å². The Morgan fingerprint density at radius 2 is 1.95 bits per heavy atom. The number of sulfonamides is 1. The van der Waals surface area contributed by atoms with Crippen LogP contribution in [0.1, 0.15) is 15.9 Å². The monoisotopic (exact) mass is 383 g/mol. The zero-order valence-electron chi connectivity index (χ0n) is 11.9. The van der Waals surface area contributed by atoms with Crippen LogP contribution in [0.5, 0.6) is 0 Å². The van der Waals surface area contributed by atoms with E-state index in [0.29, 0.717) is 21.4 Å². The second kappa shape index (κ2) is 6.45. The highest BCUT2D eigenvalue weighted by atomic mass is 79.9. The number of carbonyl (C=O) groups excluding carboxylic acids is 1. The lowest BCUT2D eigenvalue weighted by atomic mass is 10.2. The smallest absolute Gasteiger partial charge is 0.257 e. The van der Waals surface area contributed by atoms with Gasteiger partial charge < -0.3 is 5.32 Å². The number of amides is 1. The van der Waals surface area contributed by atoms with Gasteiger partial charge in [-0.25, -0.2) is 8.42 Å². The standard InChI is InChI=1S/C14H14BrN3O3S/c1-9-3-4-12(6-13(9)18-22(2,20)21)17-14(19)10-5-11(15)8-16-7-10/h3-8,18H,1-2H3,(H,17,19). The SMILES string of the molecule is Cc1ccc(NC(=O)c2cncc(Br)c2)cc1NS(C)(=O)=O. The van der Waals surface area contributed by atoms with E-state index in [1.807, 2.05) is 0 Å². The maximum absolute atomic E-state index is 12.1. The van der Waals surface area contributed by atoms with Crippen molar-refractivity contribution >= 4 is 43.2 Å². The molecule has 1 amide bonds. The van der Waals surface area contributed by atoms with Crippen LogP contribution in [0.4, 0.5) is 11.4 Å². The summed E-state index contributed by atoms with van der Waals surface area (Å²) in [6, 6.07) is 6.64. The van der Waals surface area contributed by atoms with Crippen molar-refractivity contribution in [3.8, 4) is 0 Å². The summed E-state index contributed by atoms with van der Waals surface area (Å²) < 4.78 is 25.8. The van der Waals surface area contributed by atoms with Gasteiger partial charge in [0.25, 0.3) is 5.91 Å². The van der Waals surface area contributed by atoms with E-state index in [0.717, 1.165) is 11.8 Å². The normalized spacial score (nSPS) is 11.0. The van der Waals surface area contributed by atoms with E-state index in [1.165, 1.54) is 6.20 Å². The molecule has 0 saturated heterocycles. The number of carbonyl (C=O) groups is 1. The van der Waals surface area contributed by atoms with Crippen LogP contribution >= 0.6 is 15.9 Å². The first-order chi connectivity index (χ1) is 10.2. The van der Waals surface area contributed by atoms with Crippen molar-refractivity contribution in [2.45, 2.75) is 6.92 Å². The molecule has 0 spiro atoms. The molecule has 0 aliphatic carbocycles. The molecule has 0 unspecified atom stereocenters. The van der Waals surface area contributed by atoms with Crippen molar-refractivity contribution in [3.63, 3.8) is 0 Å². The fraction of sp³-hybridized carbons (Fsp3) is 0.143. The Morgan fingerprint density at radius 3 is 2.59 bits per heavy atom. The summed E-state index contributed by atoms with van der Waals surface area (Å²) in [5.41, 5.74) is 2.06.